The second-order valence-corrected chi connectivity index (χ2v) is 8.90. The van der Waals surface area contributed by atoms with Gasteiger partial charge in [0.25, 0.3) is 5.91 Å². The first-order chi connectivity index (χ1) is 13.2. The van der Waals surface area contributed by atoms with Gasteiger partial charge in [0.1, 0.15) is 5.75 Å². The number of nitrogens with zero attached hydrogens (tertiary/aromatic N) is 2. The summed E-state index contributed by atoms with van der Waals surface area (Å²) in [5.41, 5.74) is 1.37. The van der Waals surface area contributed by atoms with Crippen LogP contribution in [0.1, 0.15) is 22.0 Å². The maximum atomic E-state index is 12.5. The van der Waals surface area contributed by atoms with Crippen LogP contribution in [0.3, 0.4) is 0 Å². The summed E-state index contributed by atoms with van der Waals surface area (Å²) in [6.07, 6.45) is 0. The van der Waals surface area contributed by atoms with E-state index >= 15 is 0 Å². The molecule has 0 bridgehead atoms. The van der Waals surface area contributed by atoms with Gasteiger partial charge in [-0.3, -0.25) is 4.79 Å². The number of amides is 1. The smallest absolute Gasteiger partial charge is 0.251 e. The van der Waals surface area contributed by atoms with Crippen molar-refractivity contribution in [3.05, 3.63) is 59.7 Å². The van der Waals surface area contributed by atoms with Crippen molar-refractivity contribution in [3.63, 3.8) is 0 Å². The van der Waals surface area contributed by atoms with E-state index in [4.69, 9.17) is 4.74 Å². The normalized spacial score (nSPS) is 12.8. The molecule has 2 aromatic rings. The third-order valence-corrected chi connectivity index (χ3v) is 6.30. The van der Waals surface area contributed by atoms with E-state index in [2.05, 4.69) is 5.32 Å². The summed E-state index contributed by atoms with van der Waals surface area (Å²) in [7, 11) is 4.90. The number of ether oxygens (including phenoxy) is 1. The predicted molar refractivity (Wildman–Crippen MR) is 109 cm³/mol. The first-order valence-electron chi connectivity index (χ1n) is 8.78. The van der Waals surface area contributed by atoms with Crippen molar-refractivity contribution in [2.75, 3.05) is 41.8 Å². The van der Waals surface area contributed by atoms with Crippen LogP contribution >= 0.6 is 0 Å². The Morgan fingerprint density at radius 3 is 2.18 bits per heavy atom. The summed E-state index contributed by atoms with van der Waals surface area (Å²) in [4.78, 5) is 14.7. The fourth-order valence-electron chi connectivity index (χ4n) is 2.79. The van der Waals surface area contributed by atoms with Crippen LogP contribution in [0.25, 0.3) is 0 Å². The fraction of sp³-hybridized carbons (Fsp3) is 0.350. The second-order valence-electron chi connectivity index (χ2n) is 6.74. The van der Waals surface area contributed by atoms with Crippen LogP contribution in [0.2, 0.25) is 0 Å². The summed E-state index contributed by atoms with van der Waals surface area (Å²) in [6.45, 7) is 0.379. The summed E-state index contributed by atoms with van der Waals surface area (Å²) in [5.74, 6) is 0.490. The number of methoxy groups -OCH3 is 1. The van der Waals surface area contributed by atoms with E-state index in [1.165, 1.54) is 38.4 Å². The Labute approximate surface area is 167 Å². The van der Waals surface area contributed by atoms with Gasteiger partial charge in [0.2, 0.25) is 10.0 Å². The zero-order valence-electron chi connectivity index (χ0n) is 16.8. The molecule has 2 aromatic carbocycles. The van der Waals surface area contributed by atoms with E-state index in [1.807, 2.05) is 43.3 Å². The molecule has 0 aliphatic rings. The van der Waals surface area contributed by atoms with Gasteiger partial charge in [0.05, 0.1) is 18.0 Å². The zero-order chi connectivity index (χ0) is 20.9. The Morgan fingerprint density at radius 2 is 1.64 bits per heavy atom. The van der Waals surface area contributed by atoms with E-state index in [-0.39, 0.29) is 16.8 Å². The molecule has 0 aliphatic carbocycles. The van der Waals surface area contributed by atoms with Gasteiger partial charge in [-0.15, -0.1) is 0 Å². The van der Waals surface area contributed by atoms with Crippen molar-refractivity contribution in [1.29, 1.82) is 0 Å². The lowest BCUT2D eigenvalue weighted by molar-refractivity contribution is 0.0941. The standard InChI is InChI=1S/C20H27N3O4S/c1-22(2)18(17-8-6-7-9-19(17)27-5)14-21-20(24)15-10-12-16(13-11-15)28(25,26)23(3)4/h6-13,18H,14H2,1-5H3,(H,21,24)/t18-/m0/s1. The average Bonchev–Trinajstić information content (AvgIpc) is 2.68. The van der Waals surface area contributed by atoms with Crippen molar-refractivity contribution in [2.45, 2.75) is 10.9 Å². The lowest BCUT2D eigenvalue weighted by Crippen LogP contribution is -2.34. The van der Waals surface area contributed by atoms with Gasteiger partial charge in [0.15, 0.2) is 0 Å². The summed E-state index contributed by atoms with van der Waals surface area (Å²) >= 11 is 0. The maximum absolute atomic E-state index is 12.5. The summed E-state index contributed by atoms with van der Waals surface area (Å²) in [5, 5.41) is 2.92. The molecule has 0 aromatic heterocycles. The number of hydrogen-bond donors (Lipinski definition) is 1. The lowest BCUT2D eigenvalue weighted by atomic mass is 10.0. The van der Waals surface area contributed by atoms with Crippen molar-refractivity contribution in [3.8, 4) is 5.75 Å². The number of hydrogen-bond acceptors (Lipinski definition) is 5. The van der Waals surface area contributed by atoms with Gasteiger partial charge >= 0.3 is 0 Å². The molecule has 1 N–H and O–H groups in total. The highest BCUT2D eigenvalue weighted by molar-refractivity contribution is 7.89. The Morgan fingerprint density at radius 1 is 1.04 bits per heavy atom. The number of nitrogens with one attached hydrogen (secondary N) is 1. The molecular formula is C20H27N3O4S. The van der Waals surface area contributed by atoms with Gasteiger partial charge in [-0.2, -0.15) is 0 Å². The van der Waals surface area contributed by atoms with E-state index in [0.29, 0.717) is 12.1 Å². The van der Waals surface area contributed by atoms with Crippen LogP contribution in [-0.2, 0) is 10.0 Å². The Hall–Kier alpha value is -2.42. The molecule has 0 unspecified atom stereocenters. The third-order valence-electron chi connectivity index (χ3n) is 4.47. The second kappa shape index (κ2) is 9.18. The largest absolute Gasteiger partial charge is 0.496 e. The van der Waals surface area contributed by atoms with Crippen molar-refractivity contribution >= 4 is 15.9 Å². The summed E-state index contributed by atoms with van der Waals surface area (Å²) < 4.78 is 30.8. The third kappa shape index (κ3) is 4.89. The minimum Gasteiger partial charge on any atom is -0.496 e. The molecule has 0 fully saturated rings. The highest BCUT2D eigenvalue weighted by atomic mass is 32.2. The number of para-hydroxylation sites is 1. The number of sulfonamides is 1. The molecule has 1 amide bonds. The monoisotopic (exact) mass is 405 g/mol. The number of benzene rings is 2. The molecule has 0 spiro atoms. The Kier molecular flexibility index (Phi) is 7.17. The van der Waals surface area contributed by atoms with Crippen LogP contribution in [-0.4, -0.2) is 65.4 Å². The molecule has 8 heteroatoms. The first-order valence-corrected chi connectivity index (χ1v) is 10.2. The maximum Gasteiger partial charge on any atom is 0.251 e. The summed E-state index contributed by atoms with van der Waals surface area (Å²) in [6, 6.07) is 13.5. The molecular weight excluding hydrogens is 378 g/mol. The zero-order valence-corrected chi connectivity index (χ0v) is 17.7. The van der Waals surface area contributed by atoms with Crippen LogP contribution in [0.4, 0.5) is 0 Å². The van der Waals surface area contributed by atoms with E-state index in [0.717, 1.165) is 15.6 Å². The number of rotatable bonds is 8. The van der Waals surface area contributed by atoms with Crippen LogP contribution in [0.15, 0.2) is 53.4 Å². The van der Waals surface area contributed by atoms with Crippen LogP contribution in [0, 0.1) is 0 Å². The first kappa shape index (κ1) is 21.9. The average molecular weight is 406 g/mol. The molecule has 0 saturated heterocycles. The topological polar surface area (TPSA) is 78.9 Å². The molecule has 0 radical (unpaired) electrons. The lowest BCUT2D eigenvalue weighted by Gasteiger charge is -2.26. The number of likely N-dealkylation sites (N-methyl/N-ethyl adjacent to an activating group) is 1. The molecule has 1 atom stereocenters. The molecule has 28 heavy (non-hydrogen) atoms. The van der Waals surface area contributed by atoms with E-state index < -0.39 is 10.0 Å². The van der Waals surface area contributed by atoms with Gasteiger partial charge in [-0.1, -0.05) is 18.2 Å². The van der Waals surface area contributed by atoms with Crippen LogP contribution < -0.4 is 10.1 Å². The molecule has 2 rings (SSSR count). The SMILES string of the molecule is COc1ccccc1[C@H](CNC(=O)c1ccc(S(=O)(=O)N(C)C)cc1)N(C)C. The molecule has 152 valence electrons. The fourth-order valence-corrected chi connectivity index (χ4v) is 3.69. The predicted octanol–water partition coefficient (Wildman–Crippen LogP) is 1.98. The Balaban J connectivity index is 2.13. The molecule has 7 nitrogen and oxygen atoms in total. The Bertz CT molecular complexity index is 909. The minimum atomic E-state index is -3.52. The molecule has 0 heterocycles. The van der Waals surface area contributed by atoms with E-state index in [1.54, 1.807) is 7.11 Å². The van der Waals surface area contributed by atoms with Gasteiger partial charge in [0, 0.05) is 31.8 Å². The number of carbonyl (C=O) groups is 1. The molecule has 0 aliphatic heterocycles. The quantitative estimate of drug-likeness (QED) is 0.727. The van der Waals surface area contributed by atoms with Crippen molar-refractivity contribution in [1.82, 2.24) is 14.5 Å². The van der Waals surface area contributed by atoms with Crippen molar-refractivity contribution < 1.29 is 17.9 Å². The van der Waals surface area contributed by atoms with E-state index in [9.17, 15) is 13.2 Å². The van der Waals surface area contributed by atoms with Crippen LogP contribution in [0.5, 0.6) is 5.75 Å². The van der Waals surface area contributed by atoms with Gasteiger partial charge in [-0.05, 0) is 44.4 Å². The number of carbonyl (C=O) groups excluding carboxylic acids is 1. The van der Waals surface area contributed by atoms with Gasteiger partial charge < -0.3 is 15.0 Å². The molecule has 0 saturated carbocycles. The van der Waals surface area contributed by atoms with Gasteiger partial charge in [-0.25, -0.2) is 12.7 Å². The minimum absolute atomic E-state index is 0.0755. The highest BCUT2D eigenvalue weighted by Gasteiger charge is 2.20. The van der Waals surface area contributed by atoms with Crippen molar-refractivity contribution in [2.24, 2.45) is 0 Å². The highest BCUT2D eigenvalue weighted by Crippen LogP contribution is 2.27.